The standard InChI is InChI=1S/C30H28N4O4S/c1-20-10-16-25(17-11-20)39(36,37)34-27-9-5-2-6-21(27)18-28(34)29(35)26-19-32-33(30(26)31)22-12-14-24(15-13-22)38-23-7-3-4-8-23/h2,5-6,9-19,23H,3-4,7-8,31H2,1H3. The van der Waals surface area contributed by atoms with Gasteiger partial charge in [-0.1, -0.05) is 35.9 Å². The van der Waals surface area contributed by atoms with Crippen LogP contribution >= 0.6 is 0 Å². The van der Waals surface area contributed by atoms with Gasteiger partial charge in [0.15, 0.2) is 0 Å². The topological polar surface area (TPSA) is 109 Å². The van der Waals surface area contributed by atoms with Crippen molar-refractivity contribution >= 4 is 32.5 Å². The van der Waals surface area contributed by atoms with Crippen LogP contribution in [0.25, 0.3) is 16.6 Å². The zero-order valence-corrected chi connectivity index (χ0v) is 22.3. The average molecular weight is 541 g/mol. The fourth-order valence-electron chi connectivity index (χ4n) is 5.10. The number of fused-ring (bicyclic) bond motifs is 1. The zero-order valence-electron chi connectivity index (χ0n) is 21.4. The third kappa shape index (κ3) is 4.48. The fraction of sp³-hybridized carbons (Fsp3) is 0.200. The van der Waals surface area contributed by atoms with Crippen LogP contribution in [0.4, 0.5) is 5.82 Å². The van der Waals surface area contributed by atoms with E-state index in [-0.39, 0.29) is 28.1 Å². The highest BCUT2D eigenvalue weighted by Crippen LogP contribution is 2.30. The Labute approximate surface area is 226 Å². The van der Waals surface area contributed by atoms with E-state index in [1.807, 2.05) is 31.2 Å². The number of hydrogen-bond acceptors (Lipinski definition) is 6. The molecule has 0 amide bonds. The van der Waals surface area contributed by atoms with Crippen LogP contribution in [0.5, 0.6) is 5.75 Å². The molecule has 1 saturated carbocycles. The van der Waals surface area contributed by atoms with Crippen molar-refractivity contribution in [3.63, 3.8) is 0 Å². The number of aryl methyl sites for hydroxylation is 1. The Bertz CT molecular complexity index is 1780. The second-order valence-corrected chi connectivity index (χ2v) is 11.7. The summed E-state index contributed by atoms with van der Waals surface area (Å²) in [7, 11) is -4.08. The first-order chi connectivity index (χ1) is 18.8. The largest absolute Gasteiger partial charge is 0.490 e. The number of rotatable bonds is 7. The normalized spacial score (nSPS) is 14.2. The summed E-state index contributed by atoms with van der Waals surface area (Å²) < 4.78 is 36.2. The maximum atomic E-state index is 13.8. The van der Waals surface area contributed by atoms with Crippen LogP contribution in [-0.2, 0) is 10.0 Å². The van der Waals surface area contributed by atoms with E-state index in [0.717, 1.165) is 28.1 Å². The maximum absolute atomic E-state index is 13.8. The van der Waals surface area contributed by atoms with Gasteiger partial charge in [-0.15, -0.1) is 0 Å². The number of ether oxygens (including phenoxy) is 1. The molecular formula is C30H28N4O4S. The SMILES string of the molecule is Cc1ccc(S(=O)(=O)n2c(C(=O)c3cnn(-c4ccc(OC5CCCC5)cc4)c3N)cc3ccccc32)cc1. The molecule has 0 saturated heterocycles. The minimum absolute atomic E-state index is 0.0108. The Hall–Kier alpha value is -4.37. The quantitative estimate of drug-likeness (QED) is 0.273. The van der Waals surface area contributed by atoms with Crippen molar-refractivity contribution in [3.05, 3.63) is 102 Å². The number of carbonyl (C=O) groups excluding carboxylic acids is 1. The molecule has 198 valence electrons. The Kier molecular flexibility index (Phi) is 6.23. The van der Waals surface area contributed by atoms with Gasteiger partial charge in [-0.25, -0.2) is 17.1 Å². The van der Waals surface area contributed by atoms with E-state index in [0.29, 0.717) is 16.6 Å². The van der Waals surface area contributed by atoms with Crippen LogP contribution in [0.15, 0.2) is 90.0 Å². The van der Waals surface area contributed by atoms with Crippen LogP contribution in [0.2, 0.25) is 0 Å². The van der Waals surface area contributed by atoms with E-state index in [1.54, 1.807) is 54.6 Å². The van der Waals surface area contributed by atoms with Crippen LogP contribution < -0.4 is 10.5 Å². The second-order valence-electron chi connectivity index (χ2n) is 9.87. The molecule has 0 unspecified atom stereocenters. The molecule has 2 heterocycles. The van der Waals surface area contributed by atoms with Crippen LogP contribution in [0.1, 0.15) is 47.3 Å². The highest BCUT2D eigenvalue weighted by atomic mass is 32.2. The van der Waals surface area contributed by atoms with Gasteiger partial charge in [0.1, 0.15) is 17.3 Å². The van der Waals surface area contributed by atoms with E-state index >= 15 is 0 Å². The molecule has 8 nitrogen and oxygen atoms in total. The van der Waals surface area contributed by atoms with Crippen molar-refractivity contribution in [2.45, 2.75) is 43.6 Å². The predicted molar refractivity (Wildman–Crippen MR) is 150 cm³/mol. The number of anilines is 1. The summed E-state index contributed by atoms with van der Waals surface area (Å²) in [5.41, 5.74) is 8.52. The number of aromatic nitrogens is 3. The van der Waals surface area contributed by atoms with Crippen molar-refractivity contribution in [1.82, 2.24) is 13.8 Å². The lowest BCUT2D eigenvalue weighted by atomic mass is 10.1. The Morgan fingerprint density at radius 3 is 2.38 bits per heavy atom. The number of nitrogens with two attached hydrogens (primary N) is 1. The Morgan fingerprint density at radius 1 is 0.974 bits per heavy atom. The van der Waals surface area contributed by atoms with Gasteiger partial charge in [0, 0.05) is 5.39 Å². The summed E-state index contributed by atoms with van der Waals surface area (Å²) in [5, 5.41) is 4.98. The Morgan fingerprint density at radius 2 is 1.67 bits per heavy atom. The molecule has 2 aromatic heterocycles. The first-order valence-corrected chi connectivity index (χ1v) is 14.3. The fourth-order valence-corrected chi connectivity index (χ4v) is 6.61. The van der Waals surface area contributed by atoms with E-state index in [2.05, 4.69) is 5.10 Å². The van der Waals surface area contributed by atoms with Gasteiger partial charge in [0.2, 0.25) is 5.78 Å². The number of para-hydroxylation sites is 1. The summed E-state index contributed by atoms with van der Waals surface area (Å²) in [6.07, 6.45) is 6.13. The van der Waals surface area contributed by atoms with Gasteiger partial charge in [-0.2, -0.15) is 5.10 Å². The smallest absolute Gasteiger partial charge is 0.268 e. The van der Waals surface area contributed by atoms with E-state index < -0.39 is 15.8 Å². The summed E-state index contributed by atoms with van der Waals surface area (Å²) in [5.74, 6) is 0.360. The van der Waals surface area contributed by atoms with Gasteiger partial charge in [-0.3, -0.25) is 4.79 Å². The van der Waals surface area contributed by atoms with Crippen LogP contribution in [-0.4, -0.2) is 34.1 Å². The molecule has 2 N–H and O–H groups in total. The lowest BCUT2D eigenvalue weighted by Crippen LogP contribution is -2.19. The predicted octanol–water partition coefficient (Wildman–Crippen LogP) is 5.51. The van der Waals surface area contributed by atoms with Gasteiger partial charge >= 0.3 is 0 Å². The summed E-state index contributed by atoms with van der Waals surface area (Å²) in [4.78, 5) is 13.9. The van der Waals surface area contributed by atoms with E-state index in [9.17, 15) is 13.2 Å². The average Bonchev–Trinajstić information content (AvgIpc) is 3.68. The molecule has 6 rings (SSSR count). The third-order valence-corrected chi connectivity index (χ3v) is 8.94. The van der Waals surface area contributed by atoms with Crippen molar-refractivity contribution in [1.29, 1.82) is 0 Å². The number of nitrogens with zero attached hydrogens (tertiary/aromatic N) is 3. The number of nitrogen functional groups attached to an aromatic ring is 1. The van der Waals surface area contributed by atoms with Crippen molar-refractivity contribution in [2.75, 3.05) is 5.73 Å². The summed E-state index contributed by atoms with van der Waals surface area (Å²) >= 11 is 0. The first-order valence-electron chi connectivity index (χ1n) is 12.9. The molecule has 1 fully saturated rings. The highest BCUT2D eigenvalue weighted by molar-refractivity contribution is 7.90. The molecule has 1 aliphatic carbocycles. The molecule has 0 spiro atoms. The molecular weight excluding hydrogens is 512 g/mol. The van der Waals surface area contributed by atoms with Gasteiger partial charge < -0.3 is 10.5 Å². The number of carbonyl (C=O) groups is 1. The molecule has 0 radical (unpaired) electrons. The van der Waals surface area contributed by atoms with E-state index in [4.69, 9.17) is 10.5 Å². The Balaban J connectivity index is 1.37. The van der Waals surface area contributed by atoms with Crippen molar-refractivity contribution < 1.29 is 17.9 Å². The van der Waals surface area contributed by atoms with Gasteiger partial charge in [0.05, 0.1) is 34.0 Å². The minimum atomic E-state index is -4.08. The monoisotopic (exact) mass is 540 g/mol. The zero-order chi connectivity index (χ0) is 27.1. The molecule has 1 aliphatic rings. The number of benzene rings is 3. The molecule has 0 aliphatic heterocycles. The molecule has 9 heteroatoms. The second kappa shape index (κ2) is 9.74. The lowest BCUT2D eigenvalue weighted by Gasteiger charge is -2.13. The van der Waals surface area contributed by atoms with Gasteiger partial charge in [0.25, 0.3) is 10.0 Å². The molecule has 3 aromatic carbocycles. The van der Waals surface area contributed by atoms with Crippen molar-refractivity contribution in [3.8, 4) is 11.4 Å². The van der Waals surface area contributed by atoms with Crippen LogP contribution in [0.3, 0.4) is 0 Å². The maximum Gasteiger partial charge on any atom is 0.268 e. The summed E-state index contributed by atoms with van der Waals surface area (Å²) in [6.45, 7) is 1.88. The molecule has 39 heavy (non-hydrogen) atoms. The van der Waals surface area contributed by atoms with E-state index in [1.165, 1.54) is 23.7 Å². The minimum Gasteiger partial charge on any atom is -0.490 e. The van der Waals surface area contributed by atoms with Crippen LogP contribution in [0, 0.1) is 6.92 Å². The van der Waals surface area contributed by atoms with Gasteiger partial charge in [-0.05, 0) is 81.1 Å². The first kappa shape index (κ1) is 24.9. The number of ketones is 1. The van der Waals surface area contributed by atoms with Crippen molar-refractivity contribution in [2.24, 2.45) is 0 Å². The summed E-state index contributed by atoms with van der Waals surface area (Å²) in [6, 6.07) is 22.5. The molecule has 5 aromatic rings. The highest BCUT2D eigenvalue weighted by Gasteiger charge is 2.29. The lowest BCUT2D eigenvalue weighted by molar-refractivity contribution is 0.103. The number of hydrogen-bond donors (Lipinski definition) is 1. The molecule has 0 atom stereocenters. The third-order valence-electron chi connectivity index (χ3n) is 7.20. The molecule has 0 bridgehead atoms.